The highest BCUT2D eigenvalue weighted by Gasteiger charge is 2.11. The molecule has 0 fully saturated rings. The Kier molecular flexibility index (Phi) is 3.26. The van der Waals surface area contributed by atoms with Gasteiger partial charge in [-0.1, -0.05) is 17.3 Å². The molecule has 4 nitrogen and oxygen atoms in total. The molecular formula is C11H12FN3O. The Morgan fingerprint density at radius 2 is 2.12 bits per heavy atom. The van der Waals surface area contributed by atoms with E-state index in [2.05, 4.69) is 10.1 Å². The van der Waals surface area contributed by atoms with Crippen LogP contribution in [0.1, 0.15) is 12.3 Å². The fraction of sp³-hybridized carbons (Fsp3) is 0.273. The van der Waals surface area contributed by atoms with E-state index in [0.717, 1.165) is 6.42 Å². The van der Waals surface area contributed by atoms with Gasteiger partial charge in [0.2, 0.25) is 11.7 Å². The molecule has 0 saturated carbocycles. The van der Waals surface area contributed by atoms with Crippen LogP contribution >= 0.6 is 0 Å². The lowest BCUT2D eigenvalue weighted by Gasteiger charge is -1.94. The second-order valence-corrected chi connectivity index (χ2v) is 3.38. The second-order valence-electron chi connectivity index (χ2n) is 3.38. The predicted octanol–water partition coefficient (Wildman–Crippen LogP) is 1.77. The summed E-state index contributed by atoms with van der Waals surface area (Å²) in [4.78, 5) is 4.11. The lowest BCUT2D eigenvalue weighted by molar-refractivity contribution is 0.376. The number of hydrogen-bond donors (Lipinski definition) is 1. The van der Waals surface area contributed by atoms with E-state index in [-0.39, 0.29) is 11.6 Å². The Labute approximate surface area is 92.3 Å². The highest BCUT2D eigenvalue weighted by atomic mass is 19.1. The van der Waals surface area contributed by atoms with Gasteiger partial charge >= 0.3 is 0 Å². The number of nitrogens with zero attached hydrogens (tertiary/aromatic N) is 2. The van der Waals surface area contributed by atoms with Gasteiger partial charge < -0.3 is 10.3 Å². The molecule has 0 saturated heterocycles. The largest absolute Gasteiger partial charge is 0.339 e. The molecule has 5 heteroatoms. The van der Waals surface area contributed by atoms with Gasteiger partial charge in [-0.3, -0.25) is 0 Å². The molecule has 0 amide bonds. The first kappa shape index (κ1) is 10.8. The van der Waals surface area contributed by atoms with Gasteiger partial charge in [0, 0.05) is 6.42 Å². The summed E-state index contributed by atoms with van der Waals surface area (Å²) in [5.41, 5.74) is 5.72. The van der Waals surface area contributed by atoms with Gasteiger partial charge in [0.15, 0.2) is 0 Å². The quantitative estimate of drug-likeness (QED) is 0.854. The summed E-state index contributed by atoms with van der Waals surface area (Å²) in [6, 6.07) is 6.33. The lowest BCUT2D eigenvalue weighted by Crippen LogP contribution is -2.00. The minimum Gasteiger partial charge on any atom is -0.339 e. The summed E-state index contributed by atoms with van der Waals surface area (Å²) >= 11 is 0. The van der Waals surface area contributed by atoms with Crippen molar-refractivity contribution in [3.63, 3.8) is 0 Å². The summed E-state index contributed by atoms with van der Waals surface area (Å²) in [5.74, 6) is 0.419. The zero-order valence-corrected chi connectivity index (χ0v) is 8.69. The van der Waals surface area contributed by atoms with Crippen LogP contribution in [0.25, 0.3) is 11.4 Å². The van der Waals surface area contributed by atoms with Gasteiger partial charge in [0.25, 0.3) is 0 Å². The Bertz CT molecular complexity index is 470. The third-order valence-corrected chi connectivity index (χ3v) is 2.18. The maximum absolute atomic E-state index is 13.4. The molecule has 0 unspecified atom stereocenters. The van der Waals surface area contributed by atoms with Crippen LogP contribution in [-0.2, 0) is 6.42 Å². The van der Waals surface area contributed by atoms with Crippen LogP contribution in [0, 0.1) is 5.82 Å². The fourth-order valence-electron chi connectivity index (χ4n) is 1.36. The fourth-order valence-corrected chi connectivity index (χ4v) is 1.36. The first-order valence-electron chi connectivity index (χ1n) is 5.09. The molecule has 1 aromatic carbocycles. The molecular weight excluding hydrogens is 209 g/mol. The predicted molar refractivity (Wildman–Crippen MR) is 57.1 cm³/mol. The monoisotopic (exact) mass is 221 g/mol. The van der Waals surface area contributed by atoms with Gasteiger partial charge in [-0.05, 0) is 25.1 Å². The Morgan fingerprint density at radius 1 is 1.31 bits per heavy atom. The van der Waals surface area contributed by atoms with Crippen LogP contribution in [0.4, 0.5) is 4.39 Å². The average Bonchev–Trinajstić information content (AvgIpc) is 2.75. The maximum atomic E-state index is 13.4. The Morgan fingerprint density at radius 3 is 2.88 bits per heavy atom. The molecule has 2 N–H and O–H groups in total. The second kappa shape index (κ2) is 4.85. The molecule has 0 atom stereocenters. The van der Waals surface area contributed by atoms with Crippen molar-refractivity contribution in [1.29, 1.82) is 0 Å². The summed E-state index contributed by atoms with van der Waals surface area (Å²) in [7, 11) is 0. The molecule has 0 aliphatic carbocycles. The summed E-state index contributed by atoms with van der Waals surface area (Å²) < 4.78 is 18.4. The van der Waals surface area contributed by atoms with E-state index in [1.54, 1.807) is 18.2 Å². The molecule has 2 rings (SSSR count). The van der Waals surface area contributed by atoms with E-state index in [0.29, 0.717) is 24.4 Å². The zero-order chi connectivity index (χ0) is 11.4. The van der Waals surface area contributed by atoms with Crippen molar-refractivity contribution in [2.75, 3.05) is 6.54 Å². The van der Waals surface area contributed by atoms with Crippen LogP contribution in [-0.4, -0.2) is 16.7 Å². The van der Waals surface area contributed by atoms with Crippen molar-refractivity contribution < 1.29 is 8.91 Å². The van der Waals surface area contributed by atoms with Crippen LogP contribution in [0.5, 0.6) is 0 Å². The molecule has 2 aromatic rings. The average molecular weight is 221 g/mol. The number of aromatic nitrogens is 2. The Hall–Kier alpha value is -1.75. The molecule has 0 spiro atoms. The van der Waals surface area contributed by atoms with Crippen molar-refractivity contribution >= 4 is 0 Å². The van der Waals surface area contributed by atoms with Crippen molar-refractivity contribution in [3.8, 4) is 11.4 Å². The number of nitrogens with two attached hydrogens (primary N) is 1. The van der Waals surface area contributed by atoms with Gasteiger partial charge in [-0.15, -0.1) is 0 Å². The Balaban J connectivity index is 2.22. The van der Waals surface area contributed by atoms with Crippen molar-refractivity contribution in [3.05, 3.63) is 36.0 Å². The van der Waals surface area contributed by atoms with E-state index >= 15 is 0 Å². The molecule has 0 radical (unpaired) electrons. The SMILES string of the molecule is NCCCc1nc(-c2ccccc2F)no1. The molecule has 0 aliphatic rings. The number of hydrogen-bond acceptors (Lipinski definition) is 4. The topological polar surface area (TPSA) is 64.9 Å². The van der Waals surface area contributed by atoms with E-state index in [1.807, 2.05) is 0 Å². The highest BCUT2D eigenvalue weighted by molar-refractivity contribution is 5.54. The van der Waals surface area contributed by atoms with Crippen molar-refractivity contribution in [1.82, 2.24) is 10.1 Å². The van der Waals surface area contributed by atoms with Gasteiger partial charge in [0.1, 0.15) is 5.82 Å². The first-order valence-corrected chi connectivity index (χ1v) is 5.09. The summed E-state index contributed by atoms with van der Waals surface area (Å²) in [6.45, 7) is 0.567. The molecule has 16 heavy (non-hydrogen) atoms. The summed E-state index contributed by atoms with van der Waals surface area (Å²) in [6.07, 6.45) is 1.40. The van der Waals surface area contributed by atoms with Crippen LogP contribution in [0.15, 0.2) is 28.8 Å². The summed E-state index contributed by atoms with van der Waals surface area (Å²) in [5, 5.41) is 3.73. The van der Waals surface area contributed by atoms with Crippen LogP contribution < -0.4 is 5.73 Å². The van der Waals surface area contributed by atoms with Crippen LogP contribution in [0.2, 0.25) is 0 Å². The lowest BCUT2D eigenvalue weighted by atomic mass is 10.2. The highest BCUT2D eigenvalue weighted by Crippen LogP contribution is 2.19. The third kappa shape index (κ3) is 2.25. The minimum absolute atomic E-state index is 0.283. The number of aryl methyl sites for hydroxylation is 1. The number of halogens is 1. The zero-order valence-electron chi connectivity index (χ0n) is 8.69. The third-order valence-electron chi connectivity index (χ3n) is 2.18. The standard InChI is InChI=1S/C11H12FN3O/c12-9-5-2-1-4-8(9)11-14-10(16-15-11)6-3-7-13/h1-2,4-5H,3,6-7,13H2. The normalized spacial score (nSPS) is 10.6. The first-order chi connectivity index (χ1) is 7.81. The maximum Gasteiger partial charge on any atom is 0.227 e. The van der Waals surface area contributed by atoms with E-state index < -0.39 is 0 Å². The number of rotatable bonds is 4. The van der Waals surface area contributed by atoms with Gasteiger partial charge in [-0.2, -0.15) is 4.98 Å². The number of benzene rings is 1. The molecule has 1 heterocycles. The molecule has 84 valence electrons. The molecule has 0 aliphatic heterocycles. The van der Waals surface area contributed by atoms with E-state index in [9.17, 15) is 4.39 Å². The minimum atomic E-state index is -0.353. The van der Waals surface area contributed by atoms with Crippen molar-refractivity contribution in [2.24, 2.45) is 5.73 Å². The van der Waals surface area contributed by atoms with Crippen LogP contribution in [0.3, 0.4) is 0 Å². The smallest absolute Gasteiger partial charge is 0.227 e. The van der Waals surface area contributed by atoms with Crippen molar-refractivity contribution in [2.45, 2.75) is 12.8 Å². The molecule has 1 aromatic heterocycles. The molecule has 0 bridgehead atoms. The van der Waals surface area contributed by atoms with E-state index in [4.69, 9.17) is 10.3 Å². The van der Waals surface area contributed by atoms with E-state index in [1.165, 1.54) is 6.07 Å². The van der Waals surface area contributed by atoms with Gasteiger partial charge in [-0.25, -0.2) is 4.39 Å². The van der Waals surface area contributed by atoms with Gasteiger partial charge in [0.05, 0.1) is 5.56 Å².